The minimum atomic E-state index is -0.882. The maximum absolute atomic E-state index is 11.7. The molecule has 0 aromatic carbocycles. The fraction of sp³-hybridized carbons (Fsp3) is 0.875. The second kappa shape index (κ2) is 28.3. The number of hydrogen-bond acceptors (Lipinski definition) is 3. The van der Waals surface area contributed by atoms with E-state index in [4.69, 9.17) is 4.74 Å². The monoisotopic (exact) mass is 508 g/mol. The Balaban J connectivity index is 3.38. The second-order valence-electron chi connectivity index (χ2n) is 10.7. The zero-order chi connectivity index (χ0) is 26.5. The van der Waals surface area contributed by atoms with Crippen LogP contribution in [0.3, 0.4) is 0 Å². The minimum Gasteiger partial charge on any atom is -0.481 e. The Labute approximate surface area is 224 Å². The summed E-state index contributed by atoms with van der Waals surface area (Å²) in [6.07, 6.45) is 33.6. The van der Waals surface area contributed by atoms with Gasteiger partial charge >= 0.3 is 11.9 Å². The van der Waals surface area contributed by atoms with Gasteiger partial charge in [-0.1, -0.05) is 135 Å². The fourth-order valence-electron chi connectivity index (χ4n) is 4.66. The van der Waals surface area contributed by atoms with E-state index in [-0.39, 0.29) is 12.4 Å². The SMILES string of the molecule is CCCCCCCCCCCCCCCC/C=C/CCCCCCCC(CC(=O)OCCC)C(=O)O. The van der Waals surface area contributed by atoms with Crippen molar-refractivity contribution in [2.24, 2.45) is 5.92 Å². The van der Waals surface area contributed by atoms with Crippen molar-refractivity contribution in [2.75, 3.05) is 6.61 Å². The van der Waals surface area contributed by atoms with Crippen molar-refractivity contribution in [2.45, 2.75) is 168 Å². The van der Waals surface area contributed by atoms with Crippen LogP contribution in [0, 0.1) is 5.92 Å². The summed E-state index contributed by atoms with van der Waals surface area (Å²) >= 11 is 0. The van der Waals surface area contributed by atoms with Crippen LogP contribution in [0.1, 0.15) is 168 Å². The van der Waals surface area contributed by atoms with Crippen LogP contribution < -0.4 is 0 Å². The summed E-state index contributed by atoms with van der Waals surface area (Å²) in [5.74, 6) is -1.87. The number of carboxylic acid groups (broad SMARTS) is 1. The van der Waals surface area contributed by atoms with Crippen molar-refractivity contribution in [1.82, 2.24) is 0 Å². The van der Waals surface area contributed by atoms with Crippen molar-refractivity contribution < 1.29 is 19.4 Å². The first kappa shape index (κ1) is 34.7. The molecule has 4 nitrogen and oxygen atoms in total. The molecule has 0 aromatic rings. The molecule has 1 N–H and O–H groups in total. The number of carboxylic acids is 1. The quantitative estimate of drug-likeness (QED) is 0.0648. The number of rotatable bonds is 28. The predicted molar refractivity (Wildman–Crippen MR) is 153 cm³/mol. The molecule has 0 spiro atoms. The van der Waals surface area contributed by atoms with Crippen LogP contribution in [0.2, 0.25) is 0 Å². The molecule has 1 atom stereocenters. The van der Waals surface area contributed by atoms with Crippen LogP contribution in [0.15, 0.2) is 12.2 Å². The summed E-state index contributed by atoms with van der Waals surface area (Å²) in [6, 6.07) is 0. The third-order valence-corrected chi connectivity index (χ3v) is 7.04. The highest BCUT2D eigenvalue weighted by Gasteiger charge is 2.21. The average molecular weight is 509 g/mol. The molecule has 0 saturated carbocycles. The molecule has 0 radical (unpaired) electrons. The van der Waals surface area contributed by atoms with Crippen LogP contribution in [0.4, 0.5) is 0 Å². The Hall–Kier alpha value is -1.32. The van der Waals surface area contributed by atoms with Gasteiger partial charge in [0.25, 0.3) is 0 Å². The highest BCUT2D eigenvalue weighted by atomic mass is 16.5. The molecular weight excluding hydrogens is 448 g/mol. The Bertz CT molecular complexity index is 514. The maximum Gasteiger partial charge on any atom is 0.307 e. The molecule has 0 aromatic heterocycles. The van der Waals surface area contributed by atoms with Crippen LogP contribution in [0.5, 0.6) is 0 Å². The molecule has 0 rings (SSSR count). The summed E-state index contributed by atoms with van der Waals surface area (Å²) in [7, 11) is 0. The number of carbonyl (C=O) groups is 2. The maximum atomic E-state index is 11.7. The van der Waals surface area contributed by atoms with Crippen LogP contribution in [-0.4, -0.2) is 23.7 Å². The largest absolute Gasteiger partial charge is 0.481 e. The normalized spacial score (nSPS) is 12.3. The lowest BCUT2D eigenvalue weighted by atomic mass is 9.97. The first-order chi connectivity index (χ1) is 17.6. The molecule has 0 fully saturated rings. The number of unbranched alkanes of at least 4 members (excludes halogenated alkanes) is 19. The smallest absolute Gasteiger partial charge is 0.307 e. The topological polar surface area (TPSA) is 63.6 Å². The Kier molecular flexibility index (Phi) is 27.2. The fourth-order valence-corrected chi connectivity index (χ4v) is 4.66. The predicted octanol–water partition coefficient (Wildman–Crippen LogP) is 10.2. The molecule has 4 heteroatoms. The van der Waals surface area contributed by atoms with Gasteiger partial charge in [0.1, 0.15) is 0 Å². The van der Waals surface area contributed by atoms with E-state index in [2.05, 4.69) is 19.1 Å². The summed E-state index contributed by atoms with van der Waals surface area (Å²) in [5.41, 5.74) is 0. The molecule has 0 saturated heterocycles. The third-order valence-electron chi connectivity index (χ3n) is 7.04. The van der Waals surface area contributed by atoms with Gasteiger partial charge in [-0.05, 0) is 38.5 Å². The van der Waals surface area contributed by atoms with E-state index in [9.17, 15) is 14.7 Å². The van der Waals surface area contributed by atoms with E-state index < -0.39 is 11.9 Å². The molecule has 0 aliphatic carbocycles. The van der Waals surface area contributed by atoms with Gasteiger partial charge in [-0.25, -0.2) is 0 Å². The summed E-state index contributed by atoms with van der Waals surface area (Å²) in [5, 5.41) is 9.31. The summed E-state index contributed by atoms with van der Waals surface area (Å²) in [6.45, 7) is 4.59. The van der Waals surface area contributed by atoms with Gasteiger partial charge in [0.15, 0.2) is 0 Å². The molecule has 0 amide bonds. The van der Waals surface area contributed by atoms with Crippen LogP contribution in [0.25, 0.3) is 0 Å². The molecule has 0 aliphatic heterocycles. The lowest BCUT2D eigenvalue weighted by molar-refractivity contribution is -0.151. The number of carbonyl (C=O) groups excluding carboxylic acids is 1. The lowest BCUT2D eigenvalue weighted by Crippen LogP contribution is -2.19. The number of allylic oxidation sites excluding steroid dienone is 2. The van der Waals surface area contributed by atoms with Crippen molar-refractivity contribution in [3.05, 3.63) is 12.2 Å². The number of esters is 1. The first-order valence-corrected chi connectivity index (χ1v) is 15.6. The summed E-state index contributed by atoms with van der Waals surface area (Å²) < 4.78 is 5.02. The van der Waals surface area contributed by atoms with E-state index in [0.717, 1.165) is 32.1 Å². The van der Waals surface area contributed by atoms with Gasteiger partial charge in [-0.3, -0.25) is 9.59 Å². The Morgan fingerprint density at radius 3 is 1.44 bits per heavy atom. The van der Waals surface area contributed by atoms with Gasteiger partial charge in [-0.2, -0.15) is 0 Å². The van der Waals surface area contributed by atoms with Crippen LogP contribution >= 0.6 is 0 Å². The van der Waals surface area contributed by atoms with Gasteiger partial charge in [-0.15, -0.1) is 0 Å². The number of aliphatic carboxylic acids is 1. The molecule has 0 aliphatic rings. The van der Waals surface area contributed by atoms with Crippen molar-refractivity contribution in [3.63, 3.8) is 0 Å². The molecule has 36 heavy (non-hydrogen) atoms. The highest BCUT2D eigenvalue weighted by Crippen LogP contribution is 2.17. The number of hydrogen-bond donors (Lipinski definition) is 1. The molecule has 1 unspecified atom stereocenters. The van der Waals surface area contributed by atoms with E-state index in [0.29, 0.717) is 13.0 Å². The molecule has 0 heterocycles. The van der Waals surface area contributed by atoms with E-state index in [1.807, 2.05) is 6.92 Å². The van der Waals surface area contributed by atoms with E-state index >= 15 is 0 Å². The van der Waals surface area contributed by atoms with Gasteiger partial charge in [0.05, 0.1) is 18.9 Å². The van der Waals surface area contributed by atoms with Crippen LogP contribution in [-0.2, 0) is 14.3 Å². The van der Waals surface area contributed by atoms with Gasteiger partial charge in [0, 0.05) is 0 Å². The van der Waals surface area contributed by atoms with Crippen molar-refractivity contribution >= 4 is 11.9 Å². The van der Waals surface area contributed by atoms with Gasteiger partial charge in [0.2, 0.25) is 0 Å². The molecule has 0 bridgehead atoms. The average Bonchev–Trinajstić information content (AvgIpc) is 2.87. The first-order valence-electron chi connectivity index (χ1n) is 15.6. The summed E-state index contributed by atoms with van der Waals surface area (Å²) in [4.78, 5) is 23.0. The van der Waals surface area contributed by atoms with Crippen molar-refractivity contribution in [1.29, 1.82) is 0 Å². The van der Waals surface area contributed by atoms with Crippen molar-refractivity contribution in [3.8, 4) is 0 Å². The highest BCUT2D eigenvalue weighted by molar-refractivity contribution is 5.78. The minimum absolute atomic E-state index is 0.000559. The third kappa shape index (κ3) is 25.8. The Morgan fingerprint density at radius 1 is 0.611 bits per heavy atom. The molecule has 212 valence electrons. The molecular formula is C32H60O4. The van der Waals surface area contributed by atoms with E-state index in [1.165, 1.54) is 109 Å². The Morgan fingerprint density at radius 2 is 1.03 bits per heavy atom. The number of ether oxygens (including phenoxy) is 1. The second-order valence-corrected chi connectivity index (χ2v) is 10.7. The lowest BCUT2D eigenvalue weighted by Gasteiger charge is -2.11. The van der Waals surface area contributed by atoms with Gasteiger partial charge < -0.3 is 9.84 Å². The standard InChI is InChI=1S/C32H60O4/c1-3-5-6-7-8-9-10-11-12-13-14-15-16-17-18-19-20-21-22-23-24-25-26-27-30(32(34)35)29-31(33)36-28-4-2/h19-20,30H,3-18,21-29H2,1-2H3,(H,34,35)/b20-19+. The zero-order valence-electron chi connectivity index (χ0n) is 24.1. The van der Waals surface area contributed by atoms with E-state index in [1.54, 1.807) is 0 Å². The zero-order valence-corrected chi connectivity index (χ0v) is 24.1.